The molecule has 0 aliphatic heterocycles. The van der Waals surface area contributed by atoms with Gasteiger partial charge in [0, 0.05) is 0 Å². The third-order valence-electron chi connectivity index (χ3n) is 3.81. The Bertz CT molecular complexity index is 297. The molecule has 0 bridgehead atoms. The first kappa shape index (κ1) is 10.7. The average Bonchev–Trinajstić information content (AvgIpc) is 2.46. The predicted molar refractivity (Wildman–Crippen MR) is 66.4 cm³/mol. The summed E-state index contributed by atoms with van der Waals surface area (Å²) in [7, 11) is 0. The summed E-state index contributed by atoms with van der Waals surface area (Å²) in [5.41, 5.74) is 4.66. The van der Waals surface area contributed by atoms with Crippen molar-refractivity contribution < 1.29 is 0 Å². The molecule has 1 fully saturated rings. The Labute approximate surface area is 93.7 Å². The van der Waals surface area contributed by atoms with Crippen molar-refractivity contribution in [3.05, 3.63) is 34.9 Å². The molecule has 1 aliphatic carbocycles. The van der Waals surface area contributed by atoms with E-state index in [1.807, 2.05) is 0 Å². The minimum absolute atomic E-state index is 0.841. The topological polar surface area (TPSA) is 0 Å². The zero-order chi connectivity index (χ0) is 10.7. The van der Waals surface area contributed by atoms with Crippen LogP contribution < -0.4 is 0 Å². The lowest BCUT2D eigenvalue weighted by molar-refractivity contribution is 0.587. The normalized spacial score (nSPS) is 18.8. The van der Waals surface area contributed by atoms with Gasteiger partial charge in [0.2, 0.25) is 0 Å². The summed E-state index contributed by atoms with van der Waals surface area (Å²) < 4.78 is 0. The maximum absolute atomic E-state index is 2.27. The SMILES string of the molecule is Cc1cccc(C)c1C1CCCCCC1. The fourth-order valence-corrected chi connectivity index (χ4v) is 3.04. The van der Waals surface area contributed by atoms with E-state index in [0.29, 0.717) is 0 Å². The van der Waals surface area contributed by atoms with Crippen molar-refractivity contribution in [2.75, 3.05) is 0 Å². The van der Waals surface area contributed by atoms with Crippen molar-refractivity contribution in [2.24, 2.45) is 0 Å². The van der Waals surface area contributed by atoms with Gasteiger partial charge in [-0.2, -0.15) is 0 Å². The molecule has 1 aliphatic rings. The first-order valence-corrected chi connectivity index (χ1v) is 6.35. The van der Waals surface area contributed by atoms with Crippen LogP contribution in [0.2, 0.25) is 0 Å². The number of hydrogen-bond acceptors (Lipinski definition) is 0. The molecule has 0 aromatic heterocycles. The largest absolute Gasteiger partial charge is 0.0617 e. The molecule has 0 N–H and O–H groups in total. The van der Waals surface area contributed by atoms with Gasteiger partial charge in [-0.05, 0) is 49.3 Å². The quantitative estimate of drug-likeness (QED) is 0.577. The summed E-state index contributed by atoms with van der Waals surface area (Å²) in [6.45, 7) is 4.54. The highest BCUT2D eigenvalue weighted by molar-refractivity contribution is 5.36. The van der Waals surface area contributed by atoms with E-state index in [4.69, 9.17) is 0 Å². The van der Waals surface area contributed by atoms with Crippen molar-refractivity contribution >= 4 is 0 Å². The van der Waals surface area contributed by atoms with Crippen LogP contribution in [0, 0.1) is 13.8 Å². The zero-order valence-corrected chi connectivity index (χ0v) is 10.1. The van der Waals surface area contributed by atoms with E-state index in [9.17, 15) is 0 Å². The van der Waals surface area contributed by atoms with E-state index in [-0.39, 0.29) is 0 Å². The lowest BCUT2D eigenvalue weighted by Gasteiger charge is -2.19. The molecule has 15 heavy (non-hydrogen) atoms. The van der Waals surface area contributed by atoms with E-state index in [0.717, 1.165) is 5.92 Å². The van der Waals surface area contributed by atoms with Crippen LogP contribution in [0.5, 0.6) is 0 Å². The highest BCUT2D eigenvalue weighted by Gasteiger charge is 2.17. The van der Waals surface area contributed by atoms with Crippen LogP contribution in [0.1, 0.15) is 61.1 Å². The fourth-order valence-electron chi connectivity index (χ4n) is 3.04. The van der Waals surface area contributed by atoms with Crippen molar-refractivity contribution in [2.45, 2.75) is 58.3 Å². The number of hydrogen-bond donors (Lipinski definition) is 0. The highest BCUT2D eigenvalue weighted by Crippen LogP contribution is 2.34. The van der Waals surface area contributed by atoms with Crippen LogP contribution in [-0.2, 0) is 0 Å². The van der Waals surface area contributed by atoms with Crippen LogP contribution in [0.25, 0.3) is 0 Å². The van der Waals surface area contributed by atoms with Crippen LogP contribution in [0.3, 0.4) is 0 Å². The molecular weight excluding hydrogens is 180 g/mol. The van der Waals surface area contributed by atoms with Gasteiger partial charge < -0.3 is 0 Å². The molecule has 0 spiro atoms. The highest BCUT2D eigenvalue weighted by atomic mass is 14.2. The minimum Gasteiger partial charge on any atom is -0.0617 e. The van der Waals surface area contributed by atoms with Crippen LogP contribution >= 0.6 is 0 Å². The van der Waals surface area contributed by atoms with Crippen molar-refractivity contribution in [3.63, 3.8) is 0 Å². The lowest BCUT2D eigenvalue weighted by Crippen LogP contribution is -2.02. The summed E-state index contributed by atoms with van der Waals surface area (Å²) in [5.74, 6) is 0.841. The maximum Gasteiger partial charge on any atom is -0.0157 e. The Morgan fingerprint density at radius 3 is 1.93 bits per heavy atom. The Hall–Kier alpha value is -0.780. The summed E-state index contributed by atoms with van der Waals surface area (Å²) >= 11 is 0. The summed E-state index contributed by atoms with van der Waals surface area (Å²) in [4.78, 5) is 0. The molecular formula is C15H22. The molecule has 0 amide bonds. The average molecular weight is 202 g/mol. The van der Waals surface area contributed by atoms with Gasteiger partial charge in [0.1, 0.15) is 0 Å². The van der Waals surface area contributed by atoms with Gasteiger partial charge >= 0.3 is 0 Å². The van der Waals surface area contributed by atoms with Gasteiger partial charge in [0.15, 0.2) is 0 Å². The van der Waals surface area contributed by atoms with Crippen molar-refractivity contribution in [1.82, 2.24) is 0 Å². The molecule has 0 heteroatoms. The Morgan fingerprint density at radius 1 is 0.867 bits per heavy atom. The molecule has 1 aromatic rings. The van der Waals surface area contributed by atoms with Crippen LogP contribution in [0.4, 0.5) is 0 Å². The Balaban J connectivity index is 2.26. The molecule has 2 rings (SSSR count). The Morgan fingerprint density at radius 2 is 1.40 bits per heavy atom. The summed E-state index contributed by atoms with van der Waals surface area (Å²) in [6, 6.07) is 6.73. The third-order valence-corrected chi connectivity index (χ3v) is 3.81. The molecule has 0 unspecified atom stereocenters. The van der Waals surface area contributed by atoms with E-state index in [1.54, 1.807) is 5.56 Å². The van der Waals surface area contributed by atoms with Crippen molar-refractivity contribution in [3.8, 4) is 0 Å². The predicted octanol–water partition coefficient (Wildman–Crippen LogP) is 4.74. The van der Waals surface area contributed by atoms with Gasteiger partial charge in [-0.1, -0.05) is 43.9 Å². The molecule has 1 aromatic carbocycles. The monoisotopic (exact) mass is 202 g/mol. The summed E-state index contributed by atoms with van der Waals surface area (Å²) in [5, 5.41) is 0. The second-order valence-electron chi connectivity index (χ2n) is 4.99. The van der Waals surface area contributed by atoms with Gasteiger partial charge in [0.25, 0.3) is 0 Å². The first-order valence-electron chi connectivity index (χ1n) is 6.35. The molecule has 1 saturated carbocycles. The maximum atomic E-state index is 2.27. The van der Waals surface area contributed by atoms with Gasteiger partial charge in [-0.15, -0.1) is 0 Å². The molecule has 0 saturated heterocycles. The van der Waals surface area contributed by atoms with E-state index >= 15 is 0 Å². The van der Waals surface area contributed by atoms with Crippen molar-refractivity contribution in [1.29, 1.82) is 0 Å². The van der Waals surface area contributed by atoms with Crippen LogP contribution in [0.15, 0.2) is 18.2 Å². The van der Waals surface area contributed by atoms with E-state index < -0.39 is 0 Å². The number of benzene rings is 1. The van der Waals surface area contributed by atoms with E-state index in [2.05, 4.69) is 32.0 Å². The first-order chi connectivity index (χ1) is 7.29. The van der Waals surface area contributed by atoms with Gasteiger partial charge in [-0.3, -0.25) is 0 Å². The Kier molecular flexibility index (Phi) is 3.45. The van der Waals surface area contributed by atoms with Crippen LogP contribution in [-0.4, -0.2) is 0 Å². The number of rotatable bonds is 1. The molecule has 0 radical (unpaired) electrons. The second-order valence-corrected chi connectivity index (χ2v) is 4.99. The number of aryl methyl sites for hydroxylation is 2. The minimum atomic E-state index is 0.841. The molecule has 0 atom stereocenters. The van der Waals surface area contributed by atoms with Gasteiger partial charge in [-0.25, -0.2) is 0 Å². The lowest BCUT2D eigenvalue weighted by atomic mass is 9.86. The molecule has 0 nitrogen and oxygen atoms in total. The smallest absolute Gasteiger partial charge is 0.0157 e. The third kappa shape index (κ3) is 2.42. The molecule has 0 heterocycles. The van der Waals surface area contributed by atoms with E-state index in [1.165, 1.54) is 49.7 Å². The second kappa shape index (κ2) is 4.83. The standard InChI is InChI=1S/C15H22/c1-12-8-7-9-13(2)15(12)14-10-5-3-4-6-11-14/h7-9,14H,3-6,10-11H2,1-2H3. The zero-order valence-electron chi connectivity index (χ0n) is 10.1. The molecule has 82 valence electrons. The fraction of sp³-hybridized carbons (Fsp3) is 0.600. The summed E-state index contributed by atoms with van der Waals surface area (Å²) in [6.07, 6.45) is 8.57. The van der Waals surface area contributed by atoms with Gasteiger partial charge in [0.05, 0.1) is 0 Å².